The first-order chi connectivity index (χ1) is 13.0. The Labute approximate surface area is 166 Å². The summed E-state index contributed by atoms with van der Waals surface area (Å²) < 4.78 is 11.3. The first-order valence-corrected chi connectivity index (χ1v) is 9.39. The molecule has 2 aromatic rings. The second-order valence-electron chi connectivity index (χ2n) is 6.41. The molecule has 2 rings (SSSR count). The zero-order chi connectivity index (χ0) is 19.6. The predicted molar refractivity (Wildman–Crippen MR) is 109 cm³/mol. The molecule has 0 aromatic heterocycles. The summed E-state index contributed by atoms with van der Waals surface area (Å²) in [5.41, 5.74) is 1.03. The number of hydrogen-bond acceptors (Lipinski definition) is 4. The summed E-state index contributed by atoms with van der Waals surface area (Å²) in [7, 11) is 3.97. The van der Waals surface area contributed by atoms with E-state index in [9.17, 15) is 4.79 Å². The zero-order valence-electron chi connectivity index (χ0n) is 16.2. The van der Waals surface area contributed by atoms with Crippen molar-refractivity contribution in [3.05, 3.63) is 59.1 Å². The molecule has 0 bridgehead atoms. The molecule has 5 nitrogen and oxygen atoms in total. The fourth-order valence-corrected chi connectivity index (χ4v) is 2.62. The van der Waals surface area contributed by atoms with Crippen molar-refractivity contribution < 1.29 is 14.3 Å². The molecule has 0 fully saturated rings. The molecule has 2 aromatic carbocycles. The van der Waals surface area contributed by atoms with Gasteiger partial charge in [-0.25, -0.2) is 0 Å². The van der Waals surface area contributed by atoms with Gasteiger partial charge < -0.3 is 19.3 Å². The minimum Gasteiger partial charge on any atom is -0.490 e. The number of nitrogens with zero attached hydrogens (tertiary/aromatic N) is 2. The van der Waals surface area contributed by atoms with Crippen LogP contribution in [-0.4, -0.2) is 56.1 Å². The van der Waals surface area contributed by atoms with Gasteiger partial charge in [-0.1, -0.05) is 35.9 Å². The molecule has 0 aliphatic heterocycles. The van der Waals surface area contributed by atoms with Gasteiger partial charge >= 0.3 is 0 Å². The quantitative estimate of drug-likeness (QED) is 0.620. The van der Waals surface area contributed by atoms with Gasteiger partial charge in [-0.05, 0) is 50.8 Å². The Bertz CT molecular complexity index is 720. The maximum Gasteiger partial charge on any atom is 0.260 e. The fraction of sp³-hybridized carbons (Fsp3) is 0.381. The Hall–Kier alpha value is -2.24. The van der Waals surface area contributed by atoms with Gasteiger partial charge in [0.15, 0.2) is 18.1 Å². The van der Waals surface area contributed by atoms with E-state index in [4.69, 9.17) is 21.1 Å². The molecule has 0 atom stereocenters. The monoisotopic (exact) mass is 390 g/mol. The molecule has 0 aliphatic carbocycles. The molecule has 1 amide bonds. The lowest BCUT2D eigenvalue weighted by molar-refractivity contribution is -0.134. The largest absolute Gasteiger partial charge is 0.490 e. The van der Waals surface area contributed by atoms with Gasteiger partial charge in [0, 0.05) is 24.7 Å². The van der Waals surface area contributed by atoms with Crippen LogP contribution in [0.25, 0.3) is 0 Å². The van der Waals surface area contributed by atoms with Crippen molar-refractivity contribution in [1.82, 2.24) is 9.80 Å². The molecule has 0 radical (unpaired) electrons. The van der Waals surface area contributed by atoms with E-state index in [0.717, 1.165) is 12.1 Å². The average molecular weight is 391 g/mol. The summed E-state index contributed by atoms with van der Waals surface area (Å²) in [5, 5.41) is 0.681. The standard InChI is InChI=1S/C21H27ClN2O3/c1-4-26-19-7-5-6-8-20(19)27-16-21(25)24(14-13-23(2)3)15-17-9-11-18(22)12-10-17/h5-12H,4,13-16H2,1-3H3. The third-order valence-corrected chi connectivity index (χ3v) is 4.21. The van der Waals surface area contributed by atoms with Crippen molar-refractivity contribution in [3.8, 4) is 11.5 Å². The Morgan fingerprint density at radius 1 is 0.963 bits per heavy atom. The molecule has 6 heteroatoms. The SMILES string of the molecule is CCOc1ccccc1OCC(=O)N(CCN(C)C)Cc1ccc(Cl)cc1. The van der Waals surface area contributed by atoms with E-state index in [1.165, 1.54) is 0 Å². The summed E-state index contributed by atoms with van der Waals surface area (Å²) >= 11 is 5.95. The van der Waals surface area contributed by atoms with E-state index in [1.807, 2.05) is 74.4 Å². The lowest BCUT2D eigenvalue weighted by Crippen LogP contribution is -2.39. The third-order valence-electron chi connectivity index (χ3n) is 3.96. The lowest BCUT2D eigenvalue weighted by Gasteiger charge is -2.25. The van der Waals surface area contributed by atoms with Crippen molar-refractivity contribution in [3.63, 3.8) is 0 Å². The van der Waals surface area contributed by atoms with Crippen molar-refractivity contribution in [2.24, 2.45) is 0 Å². The van der Waals surface area contributed by atoms with Crippen molar-refractivity contribution in [1.29, 1.82) is 0 Å². The summed E-state index contributed by atoms with van der Waals surface area (Å²) in [6, 6.07) is 14.9. The highest BCUT2D eigenvalue weighted by Crippen LogP contribution is 2.26. The Kier molecular flexibility index (Phi) is 8.43. The summed E-state index contributed by atoms with van der Waals surface area (Å²) in [4.78, 5) is 16.6. The average Bonchev–Trinajstić information content (AvgIpc) is 2.65. The van der Waals surface area contributed by atoms with Crippen LogP contribution >= 0.6 is 11.6 Å². The van der Waals surface area contributed by atoms with E-state index in [2.05, 4.69) is 0 Å². The Morgan fingerprint density at radius 2 is 1.59 bits per heavy atom. The number of amides is 1. The molecule has 0 heterocycles. The van der Waals surface area contributed by atoms with Crippen LogP contribution in [0.4, 0.5) is 0 Å². The first-order valence-electron chi connectivity index (χ1n) is 9.01. The van der Waals surface area contributed by atoms with Crippen molar-refractivity contribution in [2.45, 2.75) is 13.5 Å². The number of rotatable bonds is 10. The van der Waals surface area contributed by atoms with Crippen LogP contribution in [0, 0.1) is 0 Å². The van der Waals surface area contributed by atoms with Crippen LogP contribution in [0.1, 0.15) is 12.5 Å². The van der Waals surface area contributed by atoms with Crippen LogP contribution in [0.3, 0.4) is 0 Å². The molecule has 0 saturated heterocycles. The molecular weight excluding hydrogens is 364 g/mol. The molecule has 146 valence electrons. The molecular formula is C21H27ClN2O3. The highest BCUT2D eigenvalue weighted by atomic mass is 35.5. The summed E-state index contributed by atoms with van der Waals surface area (Å²) in [5.74, 6) is 1.15. The highest BCUT2D eigenvalue weighted by Gasteiger charge is 2.16. The molecule has 0 unspecified atom stereocenters. The Morgan fingerprint density at radius 3 is 2.19 bits per heavy atom. The fourth-order valence-electron chi connectivity index (χ4n) is 2.50. The number of halogens is 1. The number of para-hydroxylation sites is 2. The molecule has 0 saturated carbocycles. The lowest BCUT2D eigenvalue weighted by atomic mass is 10.2. The number of carbonyl (C=O) groups excluding carboxylic acids is 1. The second kappa shape index (κ2) is 10.8. The van der Waals surface area contributed by atoms with Gasteiger partial charge in [-0.3, -0.25) is 4.79 Å². The number of likely N-dealkylation sites (N-methyl/N-ethyl adjacent to an activating group) is 1. The smallest absolute Gasteiger partial charge is 0.260 e. The maximum absolute atomic E-state index is 12.8. The van der Waals surface area contributed by atoms with Gasteiger partial charge in [0.1, 0.15) is 0 Å². The zero-order valence-corrected chi connectivity index (χ0v) is 16.9. The second-order valence-corrected chi connectivity index (χ2v) is 6.85. The Balaban J connectivity index is 2.03. The topological polar surface area (TPSA) is 42.0 Å². The minimum absolute atomic E-state index is 0.0366. The van der Waals surface area contributed by atoms with Gasteiger partial charge in [0.25, 0.3) is 5.91 Å². The normalized spacial score (nSPS) is 10.7. The number of carbonyl (C=O) groups is 1. The minimum atomic E-state index is -0.0712. The van der Waals surface area contributed by atoms with E-state index >= 15 is 0 Å². The van der Waals surface area contributed by atoms with E-state index in [0.29, 0.717) is 36.2 Å². The van der Waals surface area contributed by atoms with Crippen molar-refractivity contribution in [2.75, 3.05) is 40.4 Å². The molecule has 27 heavy (non-hydrogen) atoms. The van der Waals surface area contributed by atoms with Crippen LogP contribution < -0.4 is 9.47 Å². The van der Waals surface area contributed by atoms with Gasteiger partial charge in [0.05, 0.1) is 6.61 Å². The van der Waals surface area contributed by atoms with Crippen LogP contribution in [0.15, 0.2) is 48.5 Å². The molecule has 0 spiro atoms. The summed E-state index contributed by atoms with van der Waals surface area (Å²) in [6.07, 6.45) is 0. The highest BCUT2D eigenvalue weighted by molar-refractivity contribution is 6.30. The van der Waals surface area contributed by atoms with E-state index < -0.39 is 0 Å². The molecule has 0 aliphatic rings. The number of hydrogen-bond donors (Lipinski definition) is 0. The van der Waals surface area contributed by atoms with Crippen LogP contribution in [0.5, 0.6) is 11.5 Å². The summed E-state index contributed by atoms with van der Waals surface area (Å²) in [6.45, 7) is 4.32. The number of ether oxygens (including phenoxy) is 2. The first kappa shape index (κ1) is 21.1. The van der Waals surface area contributed by atoms with E-state index in [1.54, 1.807) is 4.90 Å². The number of benzene rings is 2. The van der Waals surface area contributed by atoms with Gasteiger partial charge in [-0.2, -0.15) is 0 Å². The van der Waals surface area contributed by atoms with Crippen LogP contribution in [0.2, 0.25) is 5.02 Å². The maximum atomic E-state index is 12.8. The van der Waals surface area contributed by atoms with Gasteiger partial charge in [-0.15, -0.1) is 0 Å². The molecule has 0 N–H and O–H groups in total. The van der Waals surface area contributed by atoms with Gasteiger partial charge in [0.2, 0.25) is 0 Å². The van der Waals surface area contributed by atoms with Crippen molar-refractivity contribution >= 4 is 17.5 Å². The van der Waals surface area contributed by atoms with Crippen LogP contribution in [-0.2, 0) is 11.3 Å². The third kappa shape index (κ3) is 7.12. The predicted octanol–water partition coefficient (Wildman–Crippen LogP) is 3.71. The van der Waals surface area contributed by atoms with E-state index in [-0.39, 0.29) is 12.5 Å².